The lowest BCUT2D eigenvalue weighted by molar-refractivity contribution is -0.110. The van der Waals surface area contributed by atoms with Crippen molar-refractivity contribution >= 4 is 0 Å². The maximum atomic E-state index is 11.2. The van der Waals surface area contributed by atoms with E-state index in [0.717, 1.165) is 0 Å². The largest absolute Gasteiger partial charge is 0.435 e. The average molecular weight is 802 g/mol. The summed E-state index contributed by atoms with van der Waals surface area (Å²) in [5.41, 5.74) is 0. The van der Waals surface area contributed by atoms with Gasteiger partial charge in [-0.05, 0) is 0 Å². The molecule has 0 saturated heterocycles. The van der Waals surface area contributed by atoms with E-state index in [9.17, 15) is 119 Å². The predicted octanol–water partition coefficient (Wildman–Crippen LogP) is 13.0. The Morgan fingerprint density at radius 3 is 0.458 bits per heavy atom. The fraction of sp³-hybridized carbons (Fsp3) is 0.667. The summed E-state index contributed by atoms with van der Waals surface area (Å²) < 4.78 is 286. The number of halogens is 27. The molecular weight excluding hydrogens is 777 g/mol. The Morgan fingerprint density at radius 2 is 0.438 bits per heavy atom. The van der Waals surface area contributed by atoms with Gasteiger partial charge in [0.1, 0.15) is 0 Å². The highest BCUT2D eigenvalue weighted by atomic mass is 19.4. The van der Waals surface area contributed by atoms with E-state index >= 15 is 0 Å². The molecule has 304 valence electrons. The van der Waals surface area contributed by atoms with Crippen LogP contribution >= 0.6 is 0 Å². The Morgan fingerprint density at radius 1 is 0.354 bits per heavy atom. The summed E-state index contributed by atoms with van der Waals surface area (Å²) in [6.07, 6.45) is -12.0. The number of rotatable bonds is 6. The number of alkyl halides is 18. The summed E-state index contributed by atoms with van der Waals surface area (Å²) in [6.45, 7) is -13.3. The van der Waals surface area contributed by atoms with Crippen LogP contribution in [0.3, 0.4) is 0 Å². The van der Waals surface area contributed by atoms with Crippen molar-refractivity contribution in [3.63, 3.8) is 0 Å². The molecule has 0 bridgehead atoms. The van der Waals surface area contributed by atoms with Crippen molar-refractivity contribution in [1.82, 2.24) is 0 Å². The maximum absolute atomic E-state index is 11.2. The summed E-state index contributed by atoms with van der Waals surface area (Å²) in [6, 6.07) is -6.48. The van der Waals surface area contributed by atoms with E-state index in [1.165, 1.54) is 0 Å². The standard InChI is InChI=1S/3C3H2F4O.C2H3F3.5CH2F2.2CH3F/c3*4-1-8-3(7)2(5)6;1-2(3,4)5;5*2-1-3;2*1-2/h3*1H2;1H3;5*1H2;2*1H3. The molecule has 0 fully saturated rings. The van der Waals surface area contributed by atoms with Gasteiger partial charge in [0.25, 0.3) is 0 Å². The quantitative estimate of drug-likeness (QED) is 0.198. The fourth-order valence-corrected chi connectivity index (χ4v) is 0.307. The second-order valence-electron chi connectivity index (χ2n) is 3.65. The molecule has 48 heavy (non-hydrogen) atoms. The van der Waals surface area contributed by atoms with Gasteiger partial charge in [-0.25, -0.2) is 57.1 Å². The van der Waals surface area contributed by atoms with Gasteiger partial charge in [-0.1, -0.05) is 0 Å². The van der Waals surface area contributed by atoms with Gasteiger partial charge in [0.05, 0.1) is 14.4 Å². The van der Waals surface area contributed by atoms with Crippen molar-refractivity contribution in [3.05, 3.63) is 36.3 Å². The lowest BCUT2D eigenvalue weighted by Gasteiger charge is -1.90. The van der Waals surface area contributed by atoms with Gasteiger partial charge >= 0.3 is 42.5 Å². The summed E-state index contributed by atoms with van der Waals surface area (Å²) in [4.78, 5) is 0. The molecule has 0 aliphatic carbocycles. The molecule has 0 aliphatic heterocycles. The first-order chi connectivity index (χ1) is 22.1. The molecule has 0 N–H and O–H groups in total. The van der Waals surface area contributed by atoms with Crippen LogP contribution in [0.2, 0.25) is 0 Å². The second-order valence-corrected chi connectivity index (χ2v) is 3.65. The van der Waals surface area contributed by atoms with Crippen molar-refractivity contribution in [2.45, 2.75) is 13.1 Å². The summed E-state index contributed by atoms with van der Waals surface area (Å²) in [7, 11) is 1.00. The summed E-state index contributed by atoms with van der Waals surface area (Å²) >= 11 is 0. The third-order valence-corrected chi connectivity index (χ3v) is 0.990. The zero-order valence-electron chi connectivity index (χ0n) is 23.6. The second kappa shape index (κ2) is 79.3. The Hall–Kier alpha value is -3.27. The van der Waals surface area contributed by atoms with E-state index in [1.807, 2.05) is 0 Å². The molecular formula is C18H25F27O3. The van der Waals surface area contributed by atoms with Crippen LogP contribution < -0.4 is 0 Å². The Kier molecular flexibility index (Phi) is 124. The van der Waals surface area contributed by atoms with Gasteiger partial charge in [0.15, 0.2) is 0 Å². The van der Waals surface area contributed by atoms with Gasteiger partial charge < -0.3 is 14.2 Å². The van der Waals surface area contributed by atoms with Crippen molar-refractivity contribution in [1.29, 1.82) is 0 Å². The van der Waals surface area contributed by atoms with Crippen molar-refractivity contribution < 1.29 is 133 Å². The van der Waals surface area contributed by atoms with E-state index < -0.39 is 97.7 Å². The van der Waals surface area contributed by atoms with Crippen LogP contribution in [-0.2, 0) is 14.2 Å². The SMILES string of the molecule is CC(F)(F)F.CF.CF.FCF.FCF.FCF.FCF.FCF.FCOC(F)=C(F)F.FCOC(F)=C(F)F.FCOC(F)=C(F)F. The highest BCUT2D eigenvalue weighted by molar-refractivity contribution is 4.80. The van der Waals surface area contributed by atoms with E-state index in [2.05, 4.69) is 14.2 Å². The first kappa shape index (κ1) is 75.2. The zero-order chi connectivity index (χ0) is 41.7. The first-order valence-electron chi connectivity index (χ1n) is 9.23. The van der Waals surface area contributed by atoms with Crippen molar-refractivity contribution in [2.24, 2.45) is 0 Å². The van der Waals surface area contributed by atoms with Crippen molar-refractivity contribution in [3.8, 4) is 0 Å². The van der Waals surface area contributed by atoms with Crippen LogP contribution in [0.15, 0.2) is 36.3 Å². The van der Waals surface area contributed by atoms with Crippen LogP contribution in [0.4, 0.5) is 119 Å². The minimum Gasteiger partial charge on any atom is -0.435 e. The van der Waals surface area contributed by atoms with E-state index in [1.54, 1.807) is 0 Å². The Labute approximate surface area is 253 Å². The maximum Gasteiger partial charge on any atom is 0.386 e. The number of hydrogen-bond acceptors (Lipinski definition) is 3. The average Bonchev–Trinajstić information content (AvgIpc) is 2.97. The molecule has 0 rings (SSSR count). The van der Waals surface area contributed by atoms with Crippen LogP contribution in [0.5, 0.6) is 0 Å². The monoisotopic (exact) mass is 802 g/mol. The highest BCUT2D eigenvalue weighted by Gasteiger charge is 2.15. The Balaban J connectivity index is -0.0000000363. The normalized spacial score (nSPS) is 7.62. The molecule has 3 nitrogen and oxygen atoms in total. The molecule has 0 aromatic carbocycles. The molecule has 30 heteroatoms. The third-order valence-electron chi connectivity index (χ3n) is 0.990. The highest BCUT2D eigenvalue weighted by Crippen LogP contribution is 2.11. The predicted molar refractivity (Wildman–Crippen MR) is 113 cm³/mol. The molecule has 0 spiro atoms. The van der Waals surface area contributed by atoms with E-state index in [4.69, 9.17) is 0 Å². The van der Waals surface area contributed by atoms with E-state index in [0.29, 0.717) is 14.4 Å². The minimum absolute atomic E-state index is 0.188. The fourth-order valence-electron chi connectivity index (χ4n) is 0.307. The zero-order valence-corrected chi connectivity index (χ0v) is 23.6. The molecule has 0 aliphatic rings. The van der Waals surface area contributed by atoms with Gasteiger partial charge in [0, 0.05) is 6.92 Å². The number of ether oxygens (including phenoxy) is 3. The summed E-state index contributed by atoms with van der Waals surface area (Å²) in [5, 5.41) is 0. The topological polar surface area (TPSA) is 27.7 Å². The summed E-state index contributed by atoms with van der Waals surface area (Å²) in [5.74, 6) is 0. The van der Waals surface area contributed by atoms with E-state index in [-0.39, 0.29) is 6.92 Å². The molecule has 0 aromatic heterocycles. The van der Waals surface area contributed by atoms with Gasteiger partial charge in [-0.2, -0.15) is 52.7 Å². The van der Waals surface area contributed by atoms with Crippen LogP contribution in [0, 0.1) is 0 Å². The van der Waals surface area contributed by atoms with Crippen molar-refractivity contribution in [2.75, 3.05) is 69.6 Å². The Bertz CT molecular complexity index is 499. The third kappa shape index (κ3) is 237. The van der Waals surface area contributed by atoms with Gasteiger partial charge in [-0.3, -0.25) is 8.78 Å². The van der Waals surface area contributed by atoms with Gasteiger partial charge in [-0.15, -0.1) is 0 Å². The lowest BCUT2D eigenvalue weighted by atomic mass is 10.8. The minimum atomic E-state index is -4.00. The molecule has 0 unspecified atom stereocenters. The molecule has 0 heterocycles. The molecule has 0 atom stereocenters. The number of hydrogen-bond donors (Lipinski definition) is 0. The molecule has 0 aromatic rings. The van der Waals surface area contributed by atoms with Gasteiger partial charge in [0.2, 0.25) is 55.2 Å². The molecule has 0 amide bonds. The molecule has 0 saturated carbocycles. The first-order valence-corrected chi connectivity index (χ1v) is 9.23. The van der Waals surface area contributed by atoms with Crippen LogP contribution in [0.25, 0.3) is 0 Å². The smallest absolute Gasteiger partial charge is 0.386 e. The van der Waals surface area contributed by atoms with Crippen LogP contribution in [0.1, 0.15) is 6.92 Å². The lowest BCUT2D eigenvalue weighted by Crippen LogP contribution is -1.95. The van der Waals surface area contributed by atoms with Crippen LogP contribution in [-0.4, -0.2) is 75.8 Å². The molecule has 0 radical (unpaired) electrons.